The van der Waals surface area contributed by atoms with Crippen LogP contribution in [0.4, 0.5) is 5.69 Å². The van der Waals surface area contributed by atoms with Crippen molar-refractivity contribution in [1.29, 1.82) is 0 Å². The molecule has 2 rings (SSSR count). The van der Waals surface area contributed by atoms with Gasteiger partial charge in [0.25, 0.3) is 10.0 Å². The van der Waals surface area contributed by atoms with Crippen LogP contribution in [0.1, 0.15) is 5.56 Å². The first-order valence-corrected chi connectivity index (χ1v) is 8.30. The lowest BCUT2D eigenvalue weighted by Crippen LogP contribution is -2.21. The summed E-state index contributed by atoms with van der Waals surface area (Å²) in [6.45, 7) is 0. The Kier molecular flexibility index (Phi) is 5.24. The van der Waals surface area contributed by atoms with E-state index in [2.05, 4.69) is 0 Å². The van der Waals surface area contributed by atoms with Crippen molar-refractivity contribution in [3.05, 3.63) is 66.2 Å². The molecule has 0 saturated carbocycles. The third-order valence-electron chi connectivity index (χ3n) is 2.75. The highest BCUT2D eigenvalue weighted by Crippen LogP contribution is 2.25. The van der Waals surface area contributed by atoms with E-state index in [1.54, 1.807) is 42.5 Å². The van der Waals surface area contributed by atoms with Gasteiger partial charge in [-0.3, -0.25) is 4.79 Å². The number of carbonyl (C=O) groups is 1. The quantitative estimate of drug-likeness (QED) is 0.465. The number of halogens is 2. The first-order valence-electron chi connectivity index (χ1n) is 6.15. The smallest absolute Gasteiger partial charge is 0.276 e. The van der Waals surface area contributed by atoms with Gasteiger partial charge in [0, 0.05) is 11.8 Å². The molecule has 7 heteroatoms. The summed E-state index contributed by atoms with van der Waals surface area (Å²) in [5.74, 6) is 0. The van der Waals surface area contributed by atoms with Gasteiger partial charge in [0.2, 0.25) is 5.24 Å². The largest absolute Gasteiger partial charge is 0.278 e. The molecular formula is C15H11Cl2NO3S. The fourth-order valence-electron chi connectivity index (χ4n) is 1.69. The molecule has 0 N–H and O–H groups in total. The second-order valence-corrected chi connectivity index (χ2v) is 6.96. The van der Waals surface area contributed by atoms with E-state index >= 15 is 0 Å². The number of allylic oxidation sites excluding steroid dienone is 1. The van der Waals surface area contributed by atoms with Crippen molar-refractivity contribution < 1.29 is 13.2 Å². The van der Waals surface area contributed by atoms with E-state index in [0.717, 1.165) is 0 Å². The minimum Gasteiger partial charge on any atom is -0.276 e. The highest BCUT2D eigenvalue weighted by Gasteiger charge is 2.23. The van der Waals surface area contributed by atoms with Crippen molar-refractivity contribution in [3.8, 4) is 0 Å². The zero-order valence-corrected chi connectivity index (χ0v) is 13.5. The summed E-state index contributed by atoms with van der Waals surface area (Å²) in [5.41, 5.74) is 0.995. The molecular weight excluding hydrogens is 345 g/mol. The van der Waals surface area contributed by atoms with Crippen molar-refractivity contribution >= 4 is 50.4 Å². The number of hydrogen-bond donors (Lipinski definition) is 0. The molecule has 0 aliphatic rings. The average molecular weight is 356 g/mol. The van der Waals surface area contributed by atoms with Gasteiger partial charge in [-0.25, -0.2) is 0 Å². The van der Waals surface area contributed by atoms with Gasteiger partial charge in [0.15, 0.2) is 0 Å². The van der Waals surface area contributed by atoms with Crippen LogP contribution in [0.2, 0.25) is 0 Å². The molecule has 0 heterocycles. The molecule has 0 atom stereocenters. The molecule has 0 spiro atoms. The van der Waals surface area contributed by atoms with E-state index < -0.39 is 15.3 Å². The van der Waals surface area contributed by atoms with Gasteiger partial charge in [0.05, 0.1) is 10.6 Å². The Morgan fingerprint density at radius 2 is 1.59 bits per heavy atom. The first kappa shape index (κ1) is 16.5. The van der Waals surface area contributed by atoms with Crippen LogP contribution < -0.4 is 3.82 Å². The molecule has 0 amide bonds. The van der Waals surface area contributed by atoms with Crippen molar-refractivity contribution in [3.63, 3.8) is 0 Å². The van der Waals surface area contributed by atoms with E-state index in [0.29, 0.717) is 15.1 Å². The van der Waals surface area contributed by atoms with Crippen LogP contribution in [0.5, 0.6) is 0 Å². The van der Waals surface area contributed by atoms with Gasteiger partial charge in [-0.05, 0) is 47.5 Å². The molecule has 0 fully saturated rings. The SMILES string of the molecule is O=C(Cl)C=Cc1ccc(S(=O)(=O)N(Cl)c2ccccc2)cc1. The minimum absolute atomic E-state index is 0.0423. The molecule has 0 aliphatic carbocycles. The zero-order chi connectivity index (χ0) is 16.2. The molecule has 4 nitrogen and oxygen atoms in total. The number of carbonyl (C=O) groups excluding carboxylic acids is 1. The van der Waals surface area contributed by atoms with Crippen LogP contribution in [-0.4, -0.2) is 13.7 Å². The number of rotatable bonds is 5. The Bertz CT molecular complexity index is 787. The highest BCUT2D eigenvalue weighted by molar-refractivity contribution is 7.94. The average Bonchev–Trinajstić information content (AvgIpc) is 2.53. The number of hydrogen-bond acceptors (Lipinski definition) is 3. The lowest BCUT2D eigenvalue weighted by molar-refractivity contribution is -0.107. The molecule has 0 radical (unpaired) electrons. The minimum atomic E-state index is -3.86. The Morgan fingerprint density at radius 1 is 1.00 bits per heavy atom. The maximum absolute atomic E-state index is 12.4. The molecule has 2 aromatic carbocycles. The molecule has 0 aromatic heterocycles. The van der Waals surface area contributed by atoms with Crippen LogP contribution in [-0.2, 0) is 14.8 Å². The third kappa shape index (κ3) is 3.88. The fraction of sp³-hybridized carbons (Fsp3) is 0. The Hall–Kier alpha value is -1.82. The van der Waals surface area contributed by atoms with Gasteiger partial charge < -0.3 is 0 Å². The summed E-state index contributed by atoms with van der Waals surface area (Å²) in [4.78, 5) is 10.7. The van der Waals surface area contributed by atoms with Gasteiger partial charge in [-0.15, -0.1) is 0 Å². The van der Waals surface area contributed by atoms with E-state index in [-0.39, 0.29) is 4.90 Å². The Morgan fingerprint density at radius 3 is 2.14 bits per heavy atom. The summed E-state index contributed by atoms with van der Waals surface area (Å²) in [6, 6.07) is 14.3. The molecule has 2 aromatic rings. The van der Waals surface area contributed by atoms with Crippen molar-refractivity contribution in [2.75, 3.05) is 3.82 Å². The van der Waals surface area contributed by atoms with E-state index in [4.69, 9.17) is 23.4 Å². The summed E-state index contributed by atoms with van der Waals surface area (Å²) >= 11 is 11.1. The first-order chi connectivity index (χ1) is 10.4. The molecule has 0 bridgehead atoms. The molecule has 22 heavy (non-hydrogen) atoms. The van der Waals surface area contributed by atoms with E-state index in [9.17, 15) is 13.2 Å². The van der Waals surface area contributed by atoms with Crippen LogP contribution in [0.15, 0.2) is 65.6 Å². The Balaban J connectivity index is 2.28. The van der Waals surface area contributed by atoms with Gasteiger partial charge >= 0.3 is 0 Å². The van der Waals surface area contributed by atoms with Gasteiger partial charge in [0.1, 0.15) is 0 Å². The number of sulfonamides is 1. The normalized spacial score (nSPS) is 11.5. The van der Waals surface area contributed by atoms with Gasteiger partial charge in [-0.2, -0.15) is 12.2 Å². The van der Waals surface area contributed by atoms with Crippen LogP contribution >= 0.6 is 23.4 Å². The van der Waals surface area contributed by atoms with Gasteiger partial charge in [-0.1, -0.05) is 36.4 Å². The fourth-order valence-corrected chi connectivity index (χ4v) is 3.17. The topological polar surface area (TPSA) is 54.5 Å². The van der Waals surface area contributed by atoms with Crippen molar-refractivity contribution in [1.82, 2.24) is 0 Å². The highest BCUT2D eigenvalue weighted by atomic mass is 35.5. The lowest BCUT2D eigenvalue weighted by atomic mass is 10.2. The van der Waals surface area contributed by atoms with E-state index in [1.165, 1.54) is 24.3 Å². The predicted octanol–water partition coefficient (Wildman–Crippen LogP) is 3.81. The number of para-hydroxylation sites is 1. The molecule has 0 saturated heterocycles. The monoisotopic (exact) mass is 355 g/mol. The molecule has 0 aliphatic heterocycles. The summed E-state index contributed by atoms with van der Waals surface area (Å²) in [6.07, 6.45) is 2.67. The van der Waals surface area contributed by atoms with E-state index in [1.807, 2.05) is 0 Å². The van der Waals surface area contributed by atoms with Crippen molar-refractivity contribution in [2.24, 2.45) is 0 Å². The standard InChI is InChI=1S/C15H11Cl2NO3S/c16-15(19)11-8-12-6-9-14(10-7-12)22(20,21)18(17)13-4-2-1-3-5-13/h1-11H. The third-order valence-corrected chi connectivity index (χ3v) is 5.12. The molecule has 114 valence electrons. The second kappa shape index (κ2) is 6.96. The number of nitrogens with zero attached hydrogens (tertiary/aromatic N) is 1. The number of anilines is 1. The Labute approximate surface area is 138 Å². The predicted molar refractivity (Wildman–Crippen MR) is 88.3 cm³/mol. The summed E-state index contributed by atoms with van der Waals surface area (Å²) < 4.78 is 25.5. The second-order valence-electron chi connectivity index (χ2n) is 4.26. The summed E-state index contributed by atoms with van der Waals surface area (Å²) in [5, 5.41) is -0.604. The van der Waals surface area contributed by atoms with Crippen LogP contribution in [0, 0.1) is 0 Å². The maximum Gasteiger partial charge on any atom is 0.278 e. The van der Waals surface area contributed by atoms with Crippen LogP contribution in [0.25, 0.3) is 6.08 Å². The molecule has 0 unspecified atom stereocenters. The van der Waals surface area contributed by atoms with Crippen LogP contribution in [0.3, 0.4) is 0 Å². The summed E-state index contributed by atoms with van der Waals surface area (Å²) in [7, 11) is -3.86. The number of benzene rings is 2. The van der Waals surface area contributed by atoms with Crippen molar-refractivity contribution in [2.45, 2.75) is 4.90 Å². The maximum atomic E-state index is 12.4. The lowest BCUT2D eigenvalue weighted by Gasteiger charge is -2.16. The zero-order valence-electron chi connectivity index (χ0n) is 11.2.